The maximum atomic E-state index is 13.9. The van der Waals surface area contributed by atoms with Crippen LogP contribution >= 0.6 is 0 Å². The van der Waals surface area contributed by atoms with Crippen LogP contribution in [0.2, 0.25) is 0 Å². The molecule has 0 spiro atoms. The molecule has 4 amide bonds. The Balaban J connectivity index is 1.82. The number of benzene rings is 3. The molecule has 58 heavy (non-hydrogen) atoms. The lowest BCUT2D eigenvalue weighted by Gasteiger charge is -2.28. The summed E-state index contributed by atoms with van der Waals surface area (Å²) in [5.41, 5.74) is 16.3. The van der Waals surface area contributed by atoms with E-state index in [1.54, 1.807) is 44.2 Å². The van der Waals surface area contributed by atoms with Gasteiger partial charge in [0.15, 0.2) is 5.96 Å². The van der Waals surface area contributed by atoms with Gasteiger partial charge in [-0.25, -0.2) is 0 Å². The number of carbonyl (C=O) groups is 4. The molecule has 0 unspecified atom stereocenters. The second-order valence-electron chi connectivity index (χ2n) is 14.0. The minimum atomic E-state index is -5.09. The number of carbonyl (C=O) groups excluding carboxylic acids is 4. The molecular formula is C39H48F6N8O5. The number of phenols is 1. The number of hydrogen-bond acceptors (Lipinski definition) is 7. The fourth-order valence-electron chi connectivity index (χ4n) is 6.12. The normalized spacial score (nSPS) is 13.2. The van der Waals surface area contributed by atoms with Gasteiger partial charge in [-0.1, -0.05) is 30.3 Å². The van der Waals surface area contributed by atoms with Crippen LogP contribution in [-0.4, -0.2) is 89.8 Å². The Morgan fingerprint density at radius 3 is 1.86 bits per heavy atom. The molecule has 316 valence electrons. The van der Waals surface area contributed by atoms with E-state index in [0.717, 1.165) is 22.4 Å². The first-order valence-electron chi connectivity index (χ1n) is 18.0. The number of rotatable bonds is 17. The highest BCUT2D eigenvalue weighted by atomic mass is 19.4. The number of nitrogens with two attached hydrogens (primary N) is 3. The van der Waals surface area contributed by atoms with Crippen LogP contribution in [0.15, 0.2) is 65.7 Å². The molecule has 0 saturated heterocycles. The summed E-state index contributed by atoms with van der Waals surface area (Å²) in [5, 5.41) is 15.2. The number of aromatic hydroxyl groups is 1. The van der Waals surface area contributed by atoms with Crippen molar-refractivity contribution in [1.82, 2.24) is 20.4 Å². The predicted molar refractivity (Wildman–Crippen MR) is 204 cm³/mol. The van der Waals surface area contributed by atoms with Gasteiger partial charge >= 0.3 is 12.4 Å². The summed E-state index contributed by atoms with van der Waals surface area (Å²) >= 11 is 0. The van der Waals surface area contributed by atoms with Gasteiger partial charge in [-0.05, 0) is 91.3 Å². The van der Waals surface area contributed by atoms with Gasteiger partial charge in [0.2, 0.25) is 23.6 Å². The number of nitrogens with zero attached hydrogens (tertiary/aromatic N) is 3. The molecule has 3 rings (SSSR count). The second kappa shape index (κ2) is 20.0. The van der Waals surface area contributed by atoms with E-state index >= 15 is 0 Å². The lowest BCUT2D eigenvalue weighted by Crippen LogP contribution is -2.57. The van der Waals surface area contributed by atoms with Crippen molar-refractivity contribution in [1.29, 1.82) is 0 Å². The Hall–Kier alpha value is -5.85. The first-order chi connectivity index (χ1) is 27.0. The maximum Gasteiger partial charge on any atom is 0.416 e. The number of guanidine groups is 1. The highest BCUT2D eigenvalue weighted by Crippen LogP contribution is 2.36. The second-order valence-corrected chi connectivity index (χ2v) is 14.0. The average Bonchev–Trinajstić information content (AvgIpc) is 3.12. The molecule has 3 atom stereocenters. The van der Waals surface area contributed by atoms with Crippen molar-refractivity contribution in [2.24, 2.45) is 22.2 Å². The van der Waals surface area contributed by atoms with Crippen LogP contribution in [-0.2, 0) is 50.9 Å². The lowest BCUT2D eigenvalue weighted by molar-refractivity contribution is -0.143. The first-order valence-corrected chi connectivity index (χ1v) is 18.0. The molecule has 0 bridgehead atoms. The summed E-state index contributed by atoms with van der Waals surface area (Å²) in [6.07, 6.45) is -9.94. The molecule has 0 aliphatic heterocycles. The Kier molecular flexibility index (Phi) is 16.1. The minimum absolute atomic E-state index is 0.00922. The zero-order valence-electron chi connectivity index (χ0n) is 32.4. The summed E-state index contributed by atoms with van der Waals surface area (Å²) in [7, 11) is 2.40. The number of hydrogen-bond donors (Lipinski definition) is 6. The molecule has 0 fully saturated rings. The van der Waals surface area contributed by atoms with Gasteiger partial charge in [-0.15, -0.1) is 0 Å². The quantitative estimate of drug-likeness (QED) is 0.0514. The van der Waals surface area contributed by atoms with E-state index in [9.17, 15) is 50.6 Å². The van der Waals surface area contributed by atoms with Crippen molar-refractivity contribution in [2.45, 2.75) is 76.6 Å². The molecule has 0 aliphatic rings. The highest BCUT2D eigenvalue weighted by Gasteiger charge is 2.37. The van der Waals surface area contributed by atoms with Crippen LogP contribution in [0.3, 0.4) is 0 Å². The van der Waals surface area contributed by atoms with Crippen molar-refractivity contribution in [3.05, 3.63) is 99.6 Å². The third-order valence-electron chi connectivity index (χ3n) is 9.16. The standard InChI is InChI=1S/C39H48F6N8O5/c1-22-13-28(54)14-23(2)29(22)19-30(46)34(56)50-31(11-8-12-49-37(47)48)35(57)51-32(17-24-9-6-5-7-10-24)36(58)53(4)21-33(55)52(3)20-25-15-26(38(40,41)42)18-27(16-25)39(43,44)45/h5-7,9-10,13-16,18,30-32,54H,8,11-12,17,19-21,46H2,1-4H3,(H,50,56)(H,51,57)(H4,47,48,49)/t30-,31+,32-/m0/s1. The Labute approximate surface area is 331 Å². The zero-order valence-corrected chi connectivity index (χ0v) is 32.4. The number of amides is 4. The number of likely N-dealkylation sites (N-methyl/N-ethyl adjacent to an activating group) is 2. The van der Waals surface area contributed by atoms with Crippen LogP contribution in [0, 0.1) is 13.8 Å². The summed E-state index contributed by atoms with van der Waals surface area (Å²) < 4.78 is 80.5. The number of nitrogens with one attached hydrogen (secondary N) is 2. The molecular weight excluding hydrogens is 774 g/mol. The third kappa shape index (κ3) is 14.0. The van der Waals surface area contributed by atoms with Gasteiger partial charge in [-0.2, -0.15) is 26.3 Å². The lowest BCUT2D eigenvalue weighted by atomic mass is 9.95. The predicted octanol–water partition coefficient (Wildman–Crippen LogP) is 3.30. The Bertz CT molecular complexity index is 1900. The molecule has 0 saturated carbocycles. The molecule has 0 radical (unpaired) electrons. The van der Waals surface area contributed by atoms with E-state index in [1.165, 1.54) is 19.2 Å². The summed E-state index contributed by atoms with van der Waals surface area (Å²) in [6, 6.07) is 8.88. The SMILES string of the molecule is Cc1cc(O)cc(C)c1C[C@H](N)C(=O)N[C@H](CCCN=C(N)N)C(=O)N[C@@H](Cc1ccccc1)C(=O)N(C)CC(=O)N(C)Cc1cc(C(F)(F)F)cc(C(F)(F)F)c1. The number of alkyl halides is 6. The third-order valence-corrected chi connectivity index (χ3v) is 9.16. The molecule has 0 aromatic heterocycles. The molecule has 19 heteroatoms. The smallest absolute Gasteiger partial charge is 0.416 e. The van der Waals surface area contributed by atoms with Crippen LogP contribution in [0.5, 0.6) is 5.75 Å². The van der Waals surface area contributed by atoms with Crippen molar-refractivity contribution in [3.63, 3.8) is 0 Å². The van der Waals surface area contributed by atoms with E-state index in [-0.39, 0.29) is 50.0 Å². The summed E-state index contributed by atoms with van der Waals surface area (Å²) in [5.74, 6) is -3.20. The first kappa shape index (κ1) is 46.5. The maximum absolute atomic E-state index is 13.9. The average molecular weight is 823 g/mol. The zero-order chi connectivity index (χ0) is 43.5. The Morgan fingerprint density at radius 2 is 1.33 bits per heavy atom. The molecule has 13 nitrogen and oxygen atoms in total. The number of halogens is 6. The van der Waals surface area contributed by atoms with E-state index in [4.69, 9.17) is 17.2 Å². The van der Waals surface area contributed by atoms with Gasteiger partial charge in [-0.3, -0.25) is 24.2 Å². The van der Waals surface area contributed by atoms with Crippen molar-refractivity contribution < 1.29 is 50.6 Å². The molecule has 9 N–H and O–H groups in total. The van der Waals surface area contributed by atoms with Crippen molar-refractivity contribution >= 4 is 29.6 Å². The summed E-state index contributed by atoms with van der Waals surface area (Å²) in [6.45, 7) is 2.30. The van der Waals surface area contributed by atoms with Gasteiger partial charge in [0.1, 0.15) is 17.8 Å². The van der Waals surface area contributed by atoms with Gasteiger partial charge in [0.05, 0.1) is 23.7 Å². The van der Waals surface area contributed by atoms with Crippen molar-refractivity contribution in [2.75, 3.05) is 27.2 Å². The van der Waals surface area contributed by atoms with E-state index in [2.05, 4.69) is 15.6 Å². The van der Waals surface area contributed by atoms with Crippen LogP contribution in [0.1, 0.15) is 51.8 Å². The van der Waals surface area contributed by atoms with Gasteiger partial charge in [0.25, 0.3) is 0 Å². The molecule has 0 heterocycles. The fraction of sp³-hybridized carbons (Fsp3) is 0.410. The van der Waals surface area contributed by atoms with E-state index < -0.39 is 83.9 Å². The van der Waals surface area contributed by atoms with Gasteiger partial charge < -0.3 is 42.7 Å². The van der Waals surface area contributed by atoms with Gasteiger partial charge in [0, 0.05) is 33.6 Å². The monoisotopic (exact) mass is 822 g/mol. The van der Waals surface area contributed by atoms with Crippen molar-refractivity contribution in [3.8, 4) is 5.75 Å². The summed E-state index contributed by atoms with van der Waals surface area (Å²) in [4.78, 5) is 60.2. The fourth-order valence-corrected chi connectivity index (χ4v) is 6.12. The number of phenolic OH excluding ortho intramolecular Hbond substituents is 1. The number of aryl methyl sites for hydroxylation is 2. The van der Waals surface area contributed by atoms with Crippen LogP contribution in [0.25, 0.3) is 0 Å². The molecule has 3 aromatic carbocycles. The van der Waals surface area contributed by atoms with Crippen LogP contribution in [0.4, 0.5) is 26.3 Å². The highest BCUT2D eigenvalue weighted by molar-refractivity contribution is 5.94. The largest absolute Gasteiger partial charge is 0.508 e. The minimum Gasteiger partial charge on any atom is -0.508 e. The Morgan fingerprint density at radius 1 is 0.776 bits per heavy atom. The van der Waals surface area contributed by atoms with Crippen LogP contribution < -0.4 is 27.8 Å². The van der Waals surface area contributed by atoms with E-state index in [1.807, 2.05) is 0 Å². The van der Waals surface area contributed by atoms with E-state index in [0.29, 0.717) is 28.8 Å². The number of aliphatic imine (C=N–C) groups is 1. The molecule has 3 aromatic rings. The molecule has 0 aliphatic carbocycles. The topological polar surface area (TPSA) is 209 Å².